The van der Waals surface area contributed by atoms with Crippen LogP contribution in [0.1, 0.15) is 10.5 Å². The minimum absolute atomic E-state index is 0.237. The number of hydrogen-bond acceptors (Lipinski definition) is 3. The van der Waals surface area contributed by atoms with Gasteiger partial charge in [-0.05, 0) is 0 Å². The minimum Gasteiger partial charge on any atom is -0.364 e. The van der Waals surface area contributed by atoms with Gasteiger partial charge < -0.3 is 10.1 Å². The van der Waals surface area contributed by atoms with Gasteiger partial charge in [-0.1, -0.05) is 0 Å². The highest BCUT2D eigenvalue weighted by Crippen LogP contribution is 1.99. The van der Waals surface area contributed by atoms with Crippen LogP contribution in [0.5, 0.6) is 0 Å². The zero-order valence-electron chi connectivity index (χ0n) is 6.14. The highest BCUT2D eigenvalue weighted by molar-refractivity contribution is 5.90. The third-order valence-corrected chi connectivity index (χ3v) is 1.53. The van der Waals surface area contributed by atoms with Crippen LogP contribution in [-0.4, -0.2) is 20.3 Å². The Morgan fingerprint density at radius 1 is 1.50 bits per heavy atom. The number of imidazole rings is 1. The van der Waals surface area contributed by atoms with Gasteiger partial charge in [0.15, 0.2) is 5.65 Å². The molecule has 60 valence electrons. The lowest BCUT2D eigenvalue weighted by Crippen LogP contribution is -2.13. The number of carbonyl (C=O) groups excluding carboxylic acids is 1. The molecule has 2 aromatic heterocycles. The highest BCUT2D eigenvalue weighted by Gasteiger charge is 2.02. The Labute approximate surface area is 67.9 Å². The van der Waals surface area contributed by atoms with Gasteiger partial charge in [-0.25, -0.2) is 9.97 Å². The van der Waals surface area contributed by atoms with Crippen LogP contribution in [0.25, 0.3) is 5.65 Å². The number of rotatable bonds is 1. The summed E-state index contributed by atoms with van der Waals surface area (Å²) in [6.45, 7) is 0. The van der Waals surface area contributed by atoms with Crippen LogP contribution < -0.4 is 5.73 Å². The van der Waals surface area contributed by atoms with Gasteiger partial charge in [0.25, 0.3) is 5.91 Å². The Balaban J connectivity index is 2.68. The topological polar surface area (TPSA) is 73.3 Å². The van der Waals surface area contributed by atoms with Crippen LogP contribution in [0, 0.1) is 0 Å². The smallest absolute Gasteiger partial charge is 0.268 e. The van der Waals surface area contributed by atoms with Gasteiger partial charge in [0.05, 0.1) is 6.20 Å². The van der Waals surface area contributed by atoms with Crippen molar-refractivity contribution >= 4 is 11.6 Å². The van der Waals surface area contributed by atoms with Crippen molar-refractivity contribution in [1.82, 2.24) is 14.4 Å². The molecular formula is C7H6N4O. The third-order valence-electron chi connectivity index (χ3n) is 1.53. The molecule has 12 heavy (non-hydrogen) atoms. The Hall–Kier alpha value is -1.91. The summed E-state index contributed by atoms with van der Waals surface area (Å²) < 4.78 is 1.69. The molecule has 5 nitrogen and oxygen atoms in total. The van der Waals surface area contributed by atoms with E-state index < -0.39 is 5.91 Å². The van der Waals surface area contributed by atoms with E-state index in [0.717, 1.165) is 0 Å². The summed E-state index contributed by atoms with van der Waals surface area (Å²) >= 11 is 0. The predicted molar refractivity (Wildman–Crippen MR) is 41.5 cm³/mol. The number of primary amides is 1. The quantitative estimate of drug-likeness (QED) is 0.632. The number of hydrogen-bond donors (Lipinski definition) is 1. The second-order valence-electron chi connectivity index (χ2n) is 2.33. The van der Waals surface area contributed by atoms with Gasteiger partial charge in [0.1, 0.15) is 5.69 Å². The van der Waals surface area contributed by atoms with Crippen LogP contribution in [-0.2, 0) is 0 Å². The molecule has 2 rings (SSSR count). The fraction of sp³-hybridized carbons (Fsp3) is 0. The highest BCUT2D eigenvalue weighted by atomic mass is 16.1. The summed E-state index contributed by atoms with van der Waals surface area (Å²) in [4.78, 5) is 18.5. The van der Waals surface area contributed by atoms with Gasteiger partial charge in [0, 0.05) is 18.6 Å². The van der Waals surface area contributed by atoms with E-state index in [1.54, 1.807) is 23.0 Å². The summed E-state index contributed by atoms with van der Waals surface area (Å²) in [5, 5.41) is 0. The lowest BCUT2D eigenvalue weighted by Gasteiger charge is -1.95. The van der Waals surface area contributed by atoms with Crippen LogP contribution >= 0.6 is 0 Å². The van der Waals surface area contributed by atoms with Gasteiger partial charge in [-0.2, -0.15) is 0 Å². The average molecular weight is 162 g/mol. The van der Waals surface area contributed by atoms with Gasteiger partial charge in [-0.3, -0.25) is 4.79 Å². The molecule has 0 aromatic carbocycles. The molecule has 0 radical (unpaired) electrons. The zero-order chi connectivity index (χ0) is 8.55. The Morgan fingerprint density at radius 3 is 3.08 bits per heavy atom. The average Bonchev–Trinajstić information content (AvgIpc) is 2.49. The Bertz CT molecular complexity index is 434. The number of amides is 1. The molecular weight excluding hydrogens is 156 g/mol. The van der Waals surface area contributed by atoms with Crippen LogP contribution in [0.2, 0.25) is 0 Å². The normalized spacial score (nSPS) is 10.3. The molecule has 0 spiro atoms. The van der Waals surface area contributed by atoms with E-state index in [-0.39, 0.29) is 5.69 Å². The maximum atomic E-state index is 10.7. The first-order valence-corrected chi connectivity index (χ1v) is 3.36. The van der Waals surface area contributed by atoms with Crippen LogP contribution in [0.4, 0.5) is 0 Å². The minimum atomic E-state index is -0.536. The first kappa shape index (κ1) is 6.78. The largest absolute Gasteiger partial charge is 0.364 e. The summed E-state index contributed by atoms with van der Waals surface area (Å²) in [6.07, 6.45) is 6.40. The molecule has 0 saturated carbocycles. The molecule has 0 unspecified atom stereocenters. The summed E-state index contributed by atoms with van der Waals surface area (Å²) in [6, 6.07) is 0. The molecule has 0 aliphatic carbocycles. The molecule has 0 aliphatic rings. The van der Waals surface area contributed by atoms with Crippen LogP contribution in [0.3, 0.4) is 0 Å². The van der Waals surface area contributed by atoms with E-state index in [4.69, 9.17) is 5.73 Å². The Kier molecular flexibility index (Phi) is 1.30. The zero-order valence-corrected chi connectivity index (χ0v) is 6.14. The second kappa shape index (κ2) is 2.30. The van der Waals surface area contributed by atoms with Gasteiger partial charge >= 0.3 is 0 Å². The maximum absolute atomic E-state index is 10.7. The Morgan fingerprint density at radius 2 is 2.33 bits per heavy atom. The number of fused-ring (bicyclic) bond motifs is 1. The van der Waals surface area contributed by atoms with E-state index in [1.165, 1.54) is 6.20 Å². The van der Waals surface area contributed by atoms with Crippen molar-refractivity contribution in [2.24, 2.45) is 5.73 Å². The predicted octanol–water partition coefficient (Wildman–Crippen LogP) is -0.172. The van der Waals surface area contributed by atoms with E-state index in [9.17, 15) is 4.79 Å². The molecule has 0 bridgehead atoms. The van der Waals surface area contributed by atoms with E-state index in [1.807, 2.05) is 0 Å². The summed E-state index contributed by atoms with van der Waals surface area (Å²) in [7, 11) is 0. The van der Waals surface area contributed by atoms with Gasteiger partial charge in [0.2, 0.25) is 0 Å². The molecule has 0 fully saturated rings. The monoisotopic (exact) mass is 162 g/mol. The van der Waals surface area contributed by atoms with Crippen molar-refractivity contribution in [1.29, 1.82) is 0 Å². The number of nitrogens with zero attached hydrogens (tertiary/aromatic N) is 3. The third kappa shape index (κ3) is 0.914. The fourth-order valence-corrected chi connectivity index (χ4v) is 0.953. The molecule has 2 N–H and O–H groups in total. The molecule has 1 amide bonds. The molecule has 0 saturated heterocycles. The second-order valence-corrected chi connectivity index (χ2v) is 2.33. The number of aromatic nitrogens is 3. The molecule has 5 heteroatoms. The van der Waals surface area contributed by atoms with E-state index >= 15 is 0 Å². The lowest BCUT2D eigenvalue weighted by molar-refractivity contribution is 0.0995. The molecule has 2 aromatic rings. The first-order valence-electron chi connectivity index (χ1n) is 3.36. The summed E-state index contributed by atoms with van der Waals surface area (Å²) in [5.41, 5.74) is 5.97. The number of carbonyl (C=O) groups is 1. The molecule has 0 aliphatic heterocycles. The molecule has 2 heterocycles. The van der Waals surface area contributed by atoms with E-state index in [0.29, 0.717) is 5.65 Å². The lowest BCUT2D eigenvalue weighted by atomic mass is 10.4. The fourth-order valence-electron chi connectivity index (χ4n) is 0.953. The maximum Gasteiger partial charge on any atom is 0.268 e. The standard InChI is InChI=1S/C7H6N4O/c8-7(12)5-4-11-2-1-9-6(11)3-10-5/h1-4H,(H2,8,12). The van der Waals surface area contributed by atoms with Crippen molar-refractivity contribution < 1.29 is 4.79 Å². The van der Waals surface area contributed by atoms with Crippen molar-refractivity contribution in [2.75, 3.05) is 0 Å². The van der Waals surface area contributed by atoms with Crippen molar-refractivity contribution in [3.63, 3.8) is 0 Å². The SMILES string of the molecule is NC(=O)c1cn2ccnc2cn1. The van der Waals surface area contributed by atoms with Gasteiger partial charge in [-0.15, -0.1) is 0 Å². The van der Waals surface area contributed by atoms with E-state index in [2.05, 4.69) is 9.97 Å². The van der Waals surface area contributed by atoms with Crippen molar-refractivity contribution in [3.8, 4) is 0 Å². The summed E-state index contributed by atoms with van der Waals surface area (Å²) in [5.74, 6) is -0.536. The molecule has 0 atom stereocenters. The first-order chi connectivity index (χ1) is 5.77. The van der Waals surface area contributed by atoms with Crippen molar-refractivity contribution in [3.05, 3.63) is 30.5 Å². The van der Waals surface area contributed by atoms with Crippen molar-refractivity contribution in [2.45, 2.75) is 0 Å². The van der Waals surface area contributed by atoms with Crippen LogP contribution in [0.15, 0.2) is 24.8 Å². The number of nitrogens with two attached hydrogens (primary N) is 1.